The summed E-state index contributed by atoms with van der Waals surface area (Å²) in [6.07, 6.45) is -3.25. The van der Waals surface area contributed by atoms with E-state index in [1.807, 2.05) is 6.92 Å². The number of piperidine rings is 1. The summed E-state index contributed by atoms with van der Waals surface area (Å²) >= 11 is 0. The number of nitrogens with one attached hydrogen (secondary N) is 2. The van der Waals surface area contributed by atoms with Crippen molar-refractivity contribution >= 4 is 35.6 Å². The van der Waals surface area contributed by atoms with Crippen LogP contribution in [-0.4, -0.2) is 44.9 Å². The highest BCUT2D eigenvalue weighted by Gasteiger charge is 2.27. The molecule has 1 aromatic carbocycles. The highest BCUT2D eigenvalue weighted by atomic mass is 127. The number of aryl methyl sites for hydroxylation is 1. The minimum atomic E-state index is -4.19. The lowest BCUT2D eigenvalue weighted by molar-refractivity contribution is -0.132. The third-order valence-corrected chi connectivity index (χ3v) is 4.19. The van der Waals surface area contributed by atoms with E-state index >= 15 is 0 Å². The standard InChI is InChI=1S/C17H24F4N4.HI/c1-12-10-13(18)5-6-15(12)25-9-3-4-14(11-25)24-16(22-2)23-8-7-17(19,20)21;/h5-6,10,14H,3-4,7-9,11H2,1-2H3,(H2,22,23,24);1H. The number of aliphatic imine (C=N–C) groups is 1. The van der Waals surface area contributed by atoms with Crippen molar-refractivity contribution in [2.45, 2.75) is 38.4 Å². The van der Waals surface area contributed by atoms with Crippen LogP contribution in [0.3, 0.4) is 0 Å². The van der Waals surface area contributed by atoms with Gasteiger partial charge in [-0.15, -0.1) is 24.0 Å². The zero-order valence-corrected chi connectivity index (χ0v) is 17.2. The van der Waals surface area contributed by atoms with Crippen LogP contribution in [0.2, 0.25) is 0 Å². The first kappa shape index (κ1) is 22.8. The van der Waals surface area contributed by atoms with E-state index in [4.69, 9.17) is 0 Å². The first-order chi connectivity index (χ1) is 11.8. The molecule has 0 spiro atoms. The first-order valence-electron chi connectivity index (χ1n) is 8.33. The number of nitrogens with zero attached hydrogens (tertiary/aromatic N) is 2. The Morgan fingerprint density at radius 3 is 2.69 bits per heavy atom. The van der Waals surface area contributed by atoms with Gasteiger partial charge in [0.25, 0.3) is 0 Å². The van der Waals surface area contributed by atoms with Gasteiger partial charge in [-0.1, -0.05) is 0 Å². The average molecular weight is 488 g/mol. The molecular weight excluding hydrogens is 463 g/mol. The third-order valence-electron chi connectivity index (χ3n) is 4.19. The van der Waals surface area contributed by atoms with Gasteiger partial charge in [0.15, 0.2) is 5.96 Å². The van der Waals surface area contributed by atoms with Crippen LogP contribution in [0.5, 0.6) is 0 Å². The van der Waals surface area contributed by atoms with E-state index in [1.165, 1.54) is 19.2 Å². The molecule has 2 rings (SSSR count). The Balaban J connectivity index is 0.00000338. The quantitative estimate of drug-likeness (QED) is 0.293. The maximum Gasteiger partial charge on any atom is 0.390 e. The van der Waals surface area contributed by atoms with Gasteiger partial charge in [0.05, 0.1) is 6.42 Å². The van der Waals surface area contributed by atoms with Crippen molar-refractivity contribution in [1.82, 2.24) is 10.6 Å². The van der Waals surface area contributed by atoms with Gasteiger partial charge in [0, 0.05) is 38.4 Å². The molecule has 148 valence electrons. The number of rotatable bonds is 4. The zero-order valence-electron chi connectivity index (χ0n) is 14.9. The fraction of sp³-hybridized carbons (Fsp3) is 0.588. The van der Waals surface area contributed by atoms with Crippen LogP contribution in [0.4, 0.5) is 23.2 Å². The first-order valence-corrected chi connectivity index (χ1v) is 8.33. The summed E-state index contributed by atoms with van der Waals surface area (Å²) < 4.78 is 50.0. The Kier molecular flexibility index (Phi) is 8.91. The highest BCUT2D eigenvalue weighted by molar-refractivity contribution is 14.0. The van der Waals surface area contributed by atoms with Crippen LogP contribution in [0, 0.1) is 12.7 Å². The van der Waals surface area contributed by atoms with E-state index in [9.17, 15) is 17.6 Å². The number of alkyl halides is 3. The van der Waals surface area contributed by atoms with Gasteiger partial charge in [0.2, 0.25) is 0 Å². The molecule has 0 amide bonds. The van der Waals surface area contributed by atoms with Gasteiger partial charge in [-0.25, -0.2) is 4.39 Å². The second-order valence-corrected chi connectivity index (χ2v) is 6.22. The normalized spacial score (nSPS) is 18.3. The molecule has 9 heteroatoms. The predicted molar refractivity (Wildman–Crippen MR) is 107 cm³/mol. The van der Waals surface area contributed by atoms with Crippen LogP contribution < -0.4 is 15.5 Å². The van der Waals surface area contributed by atoms with Crippen LogP contribution in [0.15, 0.2) is 23.2 Å². The molecule has 26 heavy (non-hydrogen) atoms. The van der Waals surface area contributed by atoms with E-state index in [-0.39, 0.29) is 42.4 Å². The zero-order chi connectivity index (χ0) is 18.4. The Morgan fingerprint density at radius 2 is 2.08 bits per heavy atom. The monoisotopic (exact) mass is 488 g/mol. The fourth-order valence-electron chi connectivity index (χ4n) is 3.00. The van der Waals surface area contributed by atoms with Crippen molar-refractivity contribution in [2.75, 3.05) is 31.6 Å². The Labute approximate surface area is 168 Å². The lowest BCUT2D eigenvalue weighted by Gasteiger charge is -2.36. The molecule has 0 aliphatic carbocycles. The number of benzene rings is 1. The molecule has 1 aromatic rings. The number of halogens is 5. The van der Waals surface area contributed by atoms with Crippen molar-refractivity contribution < 1.29 is 17.6 Å². The number of anilines is 1. The lowest BCUT2D eigenvalue weighted by atomic mass is 10.0. The van der Waals surface area contributed by atoms with Crippen molar-refractivity contribution in [3.8, 4) is 0 Å². The Hall–Kier alpha value is -1.26. The van der Waals surface area contributed by atoms with Gasteiger partial charge in [-0.3, -0.25) is 4.99 Å². The van der Waals surface area contributed by atoms with Crippen LogP contribution in [0.1, 0.15) is 24.8 Å². The van der Waals surface area contributed by atoms with Crippen LogP contribution >= 0.6 is 24.0 Å². The summed E-state index contributed by atoms with van der Waals surface area (Å²) in [5.41, 5.74) is 1.85. The van der Waals surface area contributed by atoms with Crippen LogP contribution in [-0.2, 0) is 0 Å². The molecule has 1 aliphatic rings. The maximum absolute atomic E-state index is 13.3. The summed E-state index contributed by atoms with van der Waals surface area (Å²) in [5, 5.41) is 5.88. The Bertz CT molecular complexity index is 607. The molecule has 1 saturated heterocycles. The van der Waals surface area contributed by atoms with Gasteiger partial charge >= 0.3 is 6.18 Å². The van der Waals surface area contributed by atoms with Gasteiger partial charge < -0.3 is 15.5 Å². The van der Waals surface area contributed by atoms with Crippen molar-refractivity contribution in [1.29, 1.82) is 0 Å². The van der Waals surface area contributed by atoms with E-state index in [0.29, 0.717) is 12.5 Å². The molecule has 0 saturated carbocycles. The smallest absolute Gasteiger partial charge is 0.369 e. The fourth-order valence-corrected chi connectivity index (χ4v) is 3.00. The largest absolute Gasteiger partial charge is 0.390 e. The molecule has 0 radical (unpaired) electrons. The minimum Gasteiger partial charge on any atom is -0.369 e. The second-order valence-electron chi connectivity index (χ2n) is 6.22. The molecule has 1 atom stereocenters. The number of hydrogen-bond acceptors (Lipinski definition) is 2. The van der Waals surface area contributed by atoms with Gasteiger partial charge in [0.1, 0.15) is 5.82 Å². The van der Waals surface area contributed by atoms with Gasteiger partial charge in [-0.05, 0) is 43.5 Å². The van der Waals surface area contributed by atoms with E-state index < -0.39 is 12.6 Å². The molecule has 1 fully saturated rings. The van der Waals surface area contributed by atoms with E-state index in [0.717, 1.165) is 30.6 Å². The molecule has 0 aromatic heterocycles. The number of hydrogen-bond donors (Lipinski definition) is 2. The topological polar surface area (TPSA) is 39.7 Å². The Morgan fingerprint density at radius 1 is 1.35 bits per heavy atom. The molecule has 0 bridgehead atoms. The molecular formula is C17H25F4IN4. The minimum absolute atomic E-state index is 0. The second kappa shape index (κ2) is 10.2. The van der Waals surface area contributed by atoms with Crippen molar-refractivity contribution in [2.24, 2.45) is 4.99 Å². The van der Waals surface area contributed by atoms with E-state index in [1.54, 1.807) is 6.07 Å². The summed E-state index contributed by atoms with van der Waals surface area (Å²) in [6.45, 7) is 3.21. The number of guanidine groups is 1. The average Bonchev–Trinajstić information content (AvgIpc) is 2.53. The van der Waals surface area contributed by atoms with Crippen molar-refractivity contribution in [3.63, 3.8) is 0 Å². The molecule has 1 aliphatic heterocycles. The maximum atomic E-state index is 13.3. The molecule has 4 nitrogen and oxygen atoms in total. The third kappa shape index (κ3) is 7.16. The van der Waals surface area contributed by atoms with Crippen molar-refractivity contribution in [3.05, 3.63) is 29.6 Å². The summed E-state index contributed by atoms with van der Waals surface area (Å²) in [6, 6.07) is 4.78. The molecule has 1 heterocycles. The summed E-state index contributed by atoms with van der Waals surface area (Å²) in [4.78, 5) is 6.15. The molecule has 2 N–H and O–H groups in total. The SMILES string of the molecule is CN=C(NCCC(F)(F)F)NC1CCCN(c2ccc(F)cc2C)C1.I. The summed E-state index contributed by atoms with van der Waals surface area (Å²) in [5.74, 6) is 0.106. The van der Waals surface area contributed by atoms with Crippen LogP contribution in [0.25, 0.3) is 0 Å². The lowest BCUT2D eigenvalue weighted by Crippen LogP contribution is -2.51. The van der Waals surface area contributed by atoms with Gasteiger partial charge in [-0.2, -0.15) is 13.2 Å². The van der Waals surface area contributed by atoms with E-state index in [2.05, 4.69) is 20.5 Å². The molecule has 1 unspecified atom stereocenters. The highest BCUT2D eigenvalue weighted by Crippen LogP contribution is 2.24. The predicted octanol–water partition coefficient (Wildman–Crippen LogP) is 3.84. The summed E-state index contributed by atoms with van der Waals surface area (Å²) in [7, 11) is 1.54.